The molecule has 0 bridgehead atoms. The van der Waals surface area contributed by atoms with Gasteiger partial charge in [-0.2, -0.15) is 10.2 Å². The van der Waals surface area contributed by atoms with Crippen LogP contribution in [0.15, 0.2) is 41.0 Å². The van der Waals surface area contributed by atoms with E-state index in [9.17, 15) is 4.79 Å². The Bertz CT molecular complexity index is 1120. The Balaban J connectivity index is 1.74. The molecule has 0 aliphatic heterocycles. The molecule has 0 spiro atoms. The van der Waals surface area contributed by atoms with Gasteiger partial charge in [0.15, 0.2) is 5.78 Å². The lowest BCUT2D eigenvalue weighted by Crippen LogP contribution is -2.08. The molecule has 1 aromatic carbocycles. The van der Waals surface area contributed by atoms with E-state index >= 15 is 0 Å². The summed E-state index contributed by atoms with van der Waals surface area (Å²) < 4.78 is 0. The molecule has 2 N–H and O–H groups in total. The third-order valence-electron chi connectivity index (χ3n) is 5.68. The summed E-state index contributed by atoms with van der Waals surface area (Å²) in [6.45, 7) is 6.27. The van der Waals surface area contributed by atoms with Gasteiger partial charge >= 0.3 is 0 Å². The van der Waals surface area contributed by atoms with Crippen LogP contribution in [0.4, 0.5) is 5.69 Å². The van der Waals surface area contributed by atoms with Gasteiger partial charge in [-0.1, -0.05) is 19.9 Å². The van der Waals surface area contributed by atoms with Crippen molar-refractivity contribution in [2.45, 2.75) is 59.3 Å². The Morgan fingerprint density at radius 2 is 2.10 bits per heavy atom. The summed E-state index contributed by atoms with van der Waals surface area (Å²) >= 11 is 0. The van der Waals surface area contributed by atoms with Crippen molar-refractivity contribution in [1.82, 2.24) is 20.4 Å². The number of nitrogens with one attached hydrogen (secondary N) is 2. The number of hydrogen-bond donors (Lipinski definition) is 2. The molecule has 4 rings (SSSR count). The highest BCUT2D eigenvalue weighted by molar-refractivity contribution is 6.14. The summed E-state index contributed by atoms with van der Waals surface area (Å²) in [5, 5.41) is 15.4. The zero-order chi connectivity index (χ0) is 21.1. The molecule has 0 amide bonds. The summed E-state index contributed by atoms with van der Waals surface area (Å²) in [5.41, 5.74) is 6.48. The molecule has 6 nitrogen and oxygen atoms in total. The van der Waals surface area contributed by atoms with E-state index in [2.05, 4.69) is 40.3 Å². The van der Waals surface area contributed by atoms with Gasteiger partial charge in [-0.25, -0.2) is 4.99 Å². The van der Waals surface area contributed by atoms with Crippen LogP contribution in [-0.2, 0) is 0 Å². The van der Waals surface area contributed by atoms with Gasteiger partial charge in [0.25, 0.3) is 0 Å². The predicted molar refractivity (Wildman–Crippen MR) is 121 cm³/mol. The number of hydrogen-bond acceptors (Lipinski definition) is 4. The monoisotopic (exact) mass is 403 g/mol. The average molecular weight is 404 g/mol. The van der Waals surface area contributed by atoms with Crippen LogP contribution in [0.25, 0.3) is 10.9 Å². The number of aromatic amines is 2. The molecule has 156 valence electrons. The molecule has 0 fully saturated rings. The summed E-state index contributed by atoms with van der Waals surface area (Å²) in [6, 6.07) is 5.90. The van der Waals surface area contributed by atoms with Crippen LogP contribution in [0.3, 0.4) is 0 Å². The molecule has 30 heavy (non-hydrogen) atoms. The van der Waals surface area contributed by atoms with Crippen molar-refractivity contribution < 1.29 is 4.79 Å². The number of rotatable bonds is 7. The number of aromatic nitrogens is 4. The standard InChI is InChI=1S/C24H29N5O/c1-15(2)9-12-22(30)24-19-13-18(10-11-21(19)28-29-24)26-23(17-7-5-4-6-8-17)20-14-25-27-16(20)3/h7,10-11,13-15H,4-6,8-9,12H2,1-3H3,(H,25,27)(H,28,29). The van der Waals surface area contributed by atoms with Crippen LogP contribution in [0, 0.1) is 12.8 Å². The van der Waals surface area contributed by atoms with Gasteiger partial charge in [0.2, 0.25) is 0 Å². The smallest absolute Gasteiger partial charge is 0.183 e. The first kappa shape index (κ1) is 20.3. The van der Waals surface area contributed by atoms with Crippen molar-refractivity contribution >= 4 is 28.1 Å². The molecule has 0 radical (unpaired) electrons. The molecule has 2 heterocycles. The Morgan fingerprint density at radius 3 is 2.80 bits per heavy atom. The number of ketones is 1. The Kier molecular flexibility index (Phi) is 5.93. The molecule has 0 unspecified atom stereocenters. The molecular weight excluding hydrogens is 374 g/mol. The lowest BCUT2D eigenvalue weighted by atomic mass is 9.92. The van der Waals surface area contributed by atoms with E-state index in [0.29, 0.717) is 18.0 Å². The molecule has 3 aromatic rings. The normalized spacial score (nSPS) is 15.1. The van der Waals surface area contributed by atoms with E-state index in [4.69, 9.17) is 4.99 Å². The topological polar surface area (TPSA) is 86.8 Å². The van der Waals surface area contributed by atoms with E-state index in [1.807, 2.05) is 31.3 Å². The molecule has 0 saturated heterocycles. The highest BCUT2D eigenvalue weighted by Gasteiger charge is 2.18. The molecule has 0 atom stereocenters. The number of aliphatic imine (C=N–C) groups is 1. The maximum absolute atomic E-state index is 12.7. The first-order valence-corrected chi connectivity index (χ1v) is 10.8. The highest BCUT2D eigenvalue weighted by atomic mass is 16.1. The van der Waals surface area contributed by atoms with Crippen LogP contribution in [0.5, 0.6) is 0 Å². The Labute approximate surface area is 176 Å². The van der Waals surface area contributed by atoms with Gasteiger partial charge in [0, 0.05) is 23.1 Å². The minimum absolute atomic E-state index is 0.0805. The summed E-state index contributed by atoms with van der Waals surface area (Å²) in [5.74, 6) is 0.570. The van der Waals surface area contributed by atoms with Gasteiger partial charge in [0.05, 0.1) is 23.1 Å². The molecular formula is C24H29N5O. The zero-order valence-electron chi connectivity index (χ0n) is 18.0. The van der Waals surface area contributed by atoms with E-state index in [1.54, 1.807) is 0 Å². The molecule has 2 aromatic heterocycles. The van der Waals surface area contributed by atoms with Crippen molar-refractivity contribution in [3.63, 3.8) is 0 Å². The quantitative estimate of drug-likeness (QED) is 0.384. The number of allylic oxidation sites excluding steroid dienone is 2. The fraction of sp³-hybridized carbons (Fsp3) is 0.417. The number of nitrogens with zero attached hydrogens (tertiary/aromatic N) is 3. The molecule has 1 aliphatic rings. The van der Waals surface area contributed by atoms with E-state index in [0.717, 1.165) is 52.8 Å². The average Bonchev–Trinajstić information content (AvgIpc) is 3.36. The maximum Gasteiger partial charge on any atom is 0.183 e. The lowest BCUT2D eigenvalue weighted by molar-refractivity contribution is 0.0972. The van der Waals surface area contributed by atoms with Crippen LogP contribution >= 0.6 is 0 Å². The summed E-state index contributed by atoms with van der Waals surface area (Å²) in [7, 11) is 0. The number of Topliss-reactive ketones (excluding diaryl/α,β-unsaturated/α-hetero) is 1. The second-order valence-corrected chi connectivity index (χ2v) is 8.50. The number of carbonyl (C=O) groups is 1. The van der Waals surface area contributed by atoms with Gasteiger partial charge < -0.3 is 0 Å². The second-order valence-electron chi connectivity index (χ2n) is 8.50. The van der Waals surface area contributed by atoms with Crippen molar-refractivity contribution in [2.24, 2.45) is 10.9 Å². The van der Waals surface area contributed by atoms with E-state index in [-0.39, 0.29) is 5.78 Å². The summed E-state index contributed by atoms with van der Waals surface area (Å²) in [6.07, 6.45) is 10.0. The van der Waals surface area contributed by atoms with E-state index < -0.39 is 0 Å². The van der Waals surface area contributed by atoms with Crippen LogP contribution in [0.2, 0.25) is 0 Å². The Hall–Kier alpha value is -3.02. The highest BCUT2D eigenvalue weighted by Crippen LogP contribution is 2.28. The third kappa shape index (κ3) is 4.27. The second kappa shape index (κ2) is 8.78. The first-order valence-electron chi connectivity index (χ1n) is 10.8. The minimum Gasteiger partial charge on any atom is -0.292 e. The number of fused-ring (bicyclic) bond motifs is 1. The van der Waals surface area contributed by atoms with Crippen LogP contribution in [0.1, 0.15) is 74.1 Å². The fourth-order valence-corrected chi connectivity index (χ4v) is 3.90. The number of H-pyrrole nitrogens is 2. The van der Waals surface area contributed by atoms with Crippen molar-refractivity contribution in [1.29, 1.82) is 0 Å². The number of benzene rings is 1. The Morgan fingerprint density at radius 1 is 1.23 bits per heavy atom. The lowest BCUT2D eigenvalue weighted by Gasteiger charge is -2.15. The largest absolute Gasteiger partial charge is 0.292 e. The van der Waals surface area contributed by atoms with E-state index in [1.165, 1.54) is 18.4 Å². The molecule has 1 aliphatic carbocycles. The summed E-state index contributed by atoms with van der Waals surface area (Å²) in [4.78, 5) is 17.7. The SMILES string of the molecule is Cc1[nH]ncc1C(=Nc1ccc2[nH]nc(C(=O)CCC(C)C)c2c1)C1=CCCCC1. The van der Waals surface area contributed by atoms with Crippen molar-refractivity contribution in [3.8, 4) is 0 Å². The molecule has 6 heteroatoms. The zero-order valence-corrected chi connectivity index (χ0v) is 18.0. The fourth-order valence-electron chi connectivity index (χ4n) is 3.90. The van der Waals surface area contributed by atoms with Crippen molar-refractivity contribution in [2.75, 3.05) is 0 Å². The van der Waals surface area contributed by atoms with Crippen LogP contribution < -0.4 is 0 Å². The maximum atomic E-state index is 12.7. The number of carbonyl (C=O) groups excluding carboxylic acids is 1. The predicted octanol–water partition coefficient (Wildman–Crippen LogP) is 5.83. The van der Waals surface area contributed by atoms with Crippen LogP contribution in [-0.4, -0.2) is 31.9 Å². The van der Waals surface area contributed by atoms with Gasteiger partial charge in [0.1, 0.15) is 5.69 Å². The van der Waals surface area contributed by atoms with Gasteiger partial charge in [-0.15, -0.1) is 0 Å². The van der Waals surface area contributed by atoms with Gasteiger partial charge in [-0.3, -0.25) is 15.0 Å². The van der Waals surface area contributed by atoms with Gasteiger partial charge in [-0.05, 0) is 68.7 Å². The molecule has 0 saturated carbocycles. The third-order valence-corrected chi connectivity index (χ3v) is 5.68. The number of aryl methyl sites for hydroxylation is 1. The van der Waals surface area contributed by atoms with Crippen molar-refractivity contribution in [3.05, 3.63) is 53.0 Å². The minimum atomic E-state index is 0.0805. The first-order chi connectivity index (χ1) is 14.5.